The Hall–Kier alpha value is -2.33. The summed E-state index contributed by atoms with van der Waals surface area (Å²) in [6, 6.07) is 16.1. The molecule has 0 radical (unpaired) electrons. The number of carbonyl (C=O) groups is 2. The molecule has 0 aromatic heterocycles. The van der Waals surface area contributed by atoms with Gasteiger partial charge in [-0.25, -0.2) is 0 Å². The molecule has 5 heteroatoms. The first-order valence-electron chi connectivity index (χ1n) is 7.76. The Labute approximate surface area is 146 Å². The molecule has 0 aliphatic heterocycles. The van der Waals surface area contributed by atoms with Crippen LogP contribution in [0.25, 0.3) is 0 Å². The molecule has 0 saturated heterocycles. The van der Waals surface area contributed by atoms with E-state index >= 15 is 0 Å². The maximum atomic E-state index is 12.4. The van der Waals surface area contributed by atoms with Crippen LogP contribution in [0.5, 0.6) is 0 Å². The fraction of sp³-hybridized carbons (Fsp3) is 0.263. The molecule has 24 heavy (non-hydrogen) atoms. The average Bonchev–Trinajstić information content (AvgIpc) is 2.55. The van der Waals surface area contributed by atoms with E-state index in [1.165, 1.54) is 0 Å². The number of carbonyl (C=O) groups excluding carboxylic acids is 2. The van der Waals surface area contributed by atoms with Crippen LogP contribution in [0.1, 0.15) is 19.4 Å². The van der Waals surface area contributed by atoms with Crippen molar-refractivity contribution in [2.45, 2.75) is 26.4 Å². The maximum Gasteiger partial charge on any atom is 0.311 e. The van der Waals surface area contributed by atoms with Crippen LogP contribution in [0.15, 0.2) is 54.6 Å². The zero-order valence-electron chi connectivity index (χ0n) is 13.7. The topological polar surface area (TPSA) is 55.4 Å². The predicted molar refractivity (Wildman–Crippen MR) is 94.9 cm³/mol. The van der Waals surface area contributed by atoms with Crippen molar-refractivity contribution in [1.29, 1.82) is 0 Å². The summed E-state index contributed by atoms with van der Waals surface area (Å²) in [4.78, 5) is 24.6. The molecule has 0 bridgehead atoms. The first kappa shape index (κ1) is 18.0. The average molecular weight is 346 g/mol. The van der Waals surface area contributed by atoms with Crippen molar-refractivity contribution in [2.75, 3.05) is 5.32 Å². The molecule has 2 rings (SSSR count). The number of anilines is 1. The maximum absolute atomic E-state index is 12.4. The minimum Gasteiger partial charge on any atom is -0.452 e. The Balaban J connectivity index is 2.01. The van der Waals surface area contributed by atoms with E-state index in [2.05, 4.69) is 5.32 Å². The van der Waals surface area contributed by atoms with Gasteiger partial charge >= 0.3 is 5.97 Å². The summed E-state index contributed by atoms with van der Waals surface area (Å²) in [5.74, 6) is -0.974. The number of amides is 1. The highest BCUT2D eigenvalue weighted by Gasteiger charge is 2.26. The summed E-state index contributed by atoms with van der Waals surface area (Å²) in [6.07, 6.45) is -0.832. The van der Waals surface area contributed by atoms with Crippen molar-refractivity contribution in [1.82, 2.24) is 0 Å². The van der Waals surface area contributed by atoms with E-state index in [1.54, 1.807) is 36.4 Å². The second kappa shape index (κ2) is 8.50. The van der Waals surface area contributed by atoms with E-state index in [-0.39, 0.29) is 18.2 Å². The molecule has 0 aliphatic rings. The smallest absolute Gasteiger partial charge is 0.311 e. The summed E-state index contributed by atoms with van der Waals surface area (Å²) in [7, 11) is 0. The molecule has 2 aromatic rings. The molecule has 1 atom stereocenters. The molecule has 0 spiro atoms. The molecule has 1 N–H and O–H groups in total. The van der Waals surface area contributed by atoms with Crippen molar-refractivity contribution in [2.24, 2.45) is 5.92 Å². The number of hydrogen-bond donors (Lipinski definition) is 1. The highest BCUT2D eigenvalue weighted by Crippen LogP contribution is 2.18. The van der Waals surface area contributed by atoms with Crippen LogP contribution in [0.2, 0.25) is 5.02 Å². The van der Waals surface area contributed by atoms with E-state index in [9.17, 15) is 9.59 Å². The number of esters is 1. The fourth-order valence-corrected chi connectivity index (χ4v) is 2.41. The summed E-state index contributed by atoms with van der Waals surface area (Å²) in [6.45, 7) is 3.66. The van der Waals surface area contributed by atoms with Gasteiger partial charge in [-0.2, -0.15) is 0 Å². The predicted octanol–water partition coefficient (Wildman–Crippen LogP) is 4.09. The van der Waals surface area contributed by atoms with Crippen LogP contribution in [0.4, 0.5) is 5.69 Å². The third kappa shape index (κ3) is 5.10. The Morgan fingerprint density at radius 3 is 2.29 bits per heavy atom. The number of hydrogen-bond acceptors (Lipinski definition) is 3. The fourth-order valence-electron chi connectivity index (χ4n) is 2.21. The normalized spacial score (nSPS) is 11.8. The molecule has 1 amide bonds. The molecule has 0 fully saturated rings. The van der Waals surface area contributed by atoms with E-state index in [0.717, 1.165) is 0 Å². The summed E-state index contributed by atoms with van der Waals surface area (Å²) in [5.41, 5.74) is 1.34. The highest BCUT2D eigenvalue weighted by atomic mass is 35.5. The van der Waals surface area contributed by atoms with Crippen LogP contribution < -0.4 is 5.32 Å². The summed E-state index contributed by atoms with van der Waals surface area (Å²) < 4.78 is 5.40. The Morgan fingerprint density at radius 1 is 1.04 bits per heavy atom. The first-order valence-corrected chi connectivity index (χ1v) is 8.14. The molecule has 4 nitrogen and oxygen atoms in total. The van der Waals surface area contributed by atoms with Gasteiger partial charge in [0.25, 0.3) is 5.91 Å². The van der Waals surface area contributed by atoms with Crippen molar-refractivity contribution < 1.29 is 14.3 Å². The highest BCUT2D eigenvalue weighted by molar-refractivity contribution is 6.31. The second-order valence-corrected chi connectivity index (χ2v) is 6.19. The lowest BCUT2D eigenvalue weighted by atomic mass is 10.1. The van der Waals surface area contributed by atoms with Gasteiger partial charge in [-0.1, -0.05) is 61.8 Å². The van der Waals surface area contributed by atoms with Gasteiger partial charge in [0.2, 0.25) is 0 Å². The van der Waals surface area contributed by atoms with Crippen LogP contribution in [0, 0.1) is 5.92 Å². The van der Waals surface area contributed by atoms with Gasteiger partial charge < -0.3 is 10.1 Å². The van der Waals surface area contributed by atoms with Crippen LogP contribution in [-0.2, 0) is 20.7 Å². The Kier molecular flexibility index (Phi) is 6.38. The van der Waals surface area contributed by atoms with Gasteiger partial charge in [0.05, 0.1) is 6.42 Å². The lowest BCUT2D eigenvalue weighted by Crippen LogP contribution is -2.37. The van der Waals surface area contributed by atoms with Gasteiger partial charge in [0, 0.05) is 10.7 Å². The van der Waals surface area contributed by atoms with Crippen molar-refractivity contribution >= 4 is 29.2 Å². The molecule has 0 saturated carbocycles. The van der Waals surface area contributed by atoms with Gasteiger partial charge in [0.1, 0.15) is 0 Å². The zero-order valence-corrected chi connectivity index (χ0v) is 14.4. The number of para-hydroxylation sites is 1. The van der Waals surface area contributed by atoms with Crippen LogP contribution >= 0.6 is 11.6 Å². The lowest BCUT2D eigenvalue weighted by Gasteiger charge is -2.21. The number of ether oxygens (including phenoxy) is 1. The SMILES string of the molecule is CC(C)[C@H](OC(=O)Cc1ccccc1Cl)C(=O)Nc1ccccc1. The van der Waals surface area contributed by atoms with E-state index in [1.807, 2.05) is 32.0 Å². The Morgan fingerprint density at radius 2 is 1.67 bits per heavy atom. The number of benzene rings is 2. The quantitative estimate of drug-likeness (QED) is 0.802. The monoisotopic (exact) mass is 345 g/mol. The molecular formula is C19H20ClNO3. The number of halogens is 1. The van der Waals surface area contributed by atoms with Crippen LogP contribution in [-0.4, -0.2) is 18.0 Å². The molecule has 2 aromatic carbocycles. The Bertz CT molecular complexity index is 701. The molecular weight excluding hydrogens is 326 g/mol. The van der Waals surface area contributed by atoms with E-state index in [0.29, 0.717) is 16.3 Å². The largest absolute Gasteiger partial charge is 0.452 e. The molecule has 0 aliphatic carbocycles. The first-order chi connectivity index (χ1) is 11.5. The zero-order chi connectivity index (χ0) is 17.5. The van der Waals surface area contributed by atoms with Gasteiger partial charge in [0.15, 0.2) is 6.10 Å². The third-order valence-corrected chi connectivity index (χ3v) is 3.83. The van der Waals surface area contributed by atoms with E-state index in [4.69, 9.17) is 16.3 Å². The second-order valence-electron chi connectivity index (χ2n) is 5.78. The van der Waals surface area contributed by atoms with Crippen molar-refractivity contribution in [3.8, 4) is 0 Å². The summed E-state index contributed by atoms with van der Waals surface area (Å²) >= 11 is 6.05. The minimum atomic E-state index is -0.861. The van der Waals surface area contributed by atoms with Gasteiger partial charge in [-0.05, 0) is 29.7 Å². The van der Waals surface area contributed by atoms with Crippen molar-refractivity contribution in [3.05, 3.63) is 65.2 Å². The molecule has 0 heterocycles. The third-order valence-electron chi connectivity index (χ3n) is 3.46. The van der Waals surface area contributed by atoms with Crippen LogP contribution in [0.3, 0.4) is 0 Å². The van der Waals surface area contributed by atoms with Gasteiger partial charge in [-0.15, -0.1) is 0 Å². The standard InChI is InChI=1S/C19H20ClNO3/c1-13(2)18(19(23)21-15-9-4-3-5-10-15)24-17(22)12-14-8-6-7-11-16(14)20/h3-11,13,18H,12H2,1-2H3,(H,21,23)/t18-/m0/s1. The van der Waals surface area contributed by atoms with Crippen molar-refractivity contribution in [3.63, 3.8) is 0 Å². The summed E-state index contributed by atoms with van der Waals surface area (Å²) in [5, 5.41) is 3.27. The molecule has 126 valence electrons. The molecule has 0 unspecified atom stereocenters. The van der Waals surface area contributed by atoms with E-state index < -0.39 is 12.1 Å². The minimum absolute atomic E-state index is 0.0293. The van der Waals surface area contributed by atoms with Gasteiger partial charge in [-0.3, -0.25) is 9.59 Å². The number of nitrogens with one attached hydrogen (secondary N) is 1. The lowest BCUT2D eigenvalue weighted by molar-refractivity contribution is -0.156. The number of rotatable bonds is 6.